The van der Waals surface area contributed by atoms with E-state index in [1.165, 1.54) is 5.56 Å². The first-order chi connectivity index (χ1) is 13.2. The number of aromatic nitrogens is 3. The topological polar surface area (TPSA) is 79.8 Å². The molecule has 3 aromatic rings. The SMILES string of the molecule is Cc1nc(NCCCc2ccccc2)cc(C(=O)NCc2ccccn2)n1. The monoisotopic (exact) mass is 361 g/mol. The zero-order valence-electron chi connectivity index (χ0n) is 15.4. The van der Waals surface area contributed by atoms with Crippen molar-refractivity contribution >= 4 is 11.7 Å². The number of pyridine rings is 1. The first-order valence-electron chi connectivity index (χ1n) is 9.02. The van der Waals surface area contributed by atoms with Crippen LogP contribution in [0.2, 0.25) is 0 Å². The number of amides is 1. The van der Waals surface area contributed by atoms with Gasteiger partial charge in [-0.2, -0.15) is 0 Å². The molecule has 0 aliphatic carbocycles. The fourth-order valence-electron chi connectivity index (χ4n) is 2.69. The van der Waals surface area contributed by atoms with Gasteiger partial charge in [0.05, 0.1) is 12.2 Å². The van der Waals surface area contributed by atoms with Crippen LogP contribution >= 0.6 is 0 Å². The molecule has 1 amide bonds. The minimum atomic E-state index is -0.238. The molecule has 27 heavy (non-hydrogen) atoms. The van der Waals surface area contributed by atoms with Gasteiger partial charge in [-0.1, -0.05) is 36.4 Å². The van der Waals surface area contributed by atoms with Crippen molar-refractivity contribution in [3.8, 4) is 0 Å². The molecule has 6 nitrogen and oxygen atoms in total. The number of anilines is 1. The summed E-state index contributed by atoms with van der Waals surface area (Å²) >= 11 is 0. The summed E-state index contributed by atoms with van der Waals surface area (Å²) in [6.45, 7) is 2.92. The first kappa shape index (κ1) is 18.5. The smallest absolute Gasteiger partial charge is 0.270 e. The lowest BCUT2D eigenvalue weighted by molar-refractivity contribution is 0.0945. The molecule has 0 bridgehead atoms. The number of benzene rings is 1. The first-order valence-corrected chi connectivity index (χ1v) is 9.02. The van der Waals surface area contributed by atoms with Crippen molar-refractivity contribution in [2.75, 3.05) is 11.9 Å². The molecule has 138 valence electrons. The summed E-state index contributed by atoms with van der Waals surface area (Å²) < 4.78 is 0. The van der Waals surface area contributed by atoms with E-state index in [0.717, 1.165) is 25.1 Å². The van der Waals surface area contributed by atoms with E-state index < -0.39 is 0 Å². The van der Waals surface area contributed by atoms with Gasteiger partial charge in [0.25, 0.3) is 5.91 Å². The number of carbonyl (C=O) groups is 1. The summed E-state index contributed by atoms with van der Waals surface area (Å²) in [6, 6.07) is 17.6. The van der Waals surface area contributed by atoms with Gasteiger partial charge in [-0.15, -0.1) is 0 Å². The van der Waals surface area contributed by atoms with Crippen LogP contribution in [0.4, 0.5) is 5.82 Å². The Balaban J connectivity index is 1.52. The van der Waals surface area contributed by atoms with Gasteiger partial charge in [0, 0.05) is 18.8 Å². The van der Waals surface area contributed by atoms with Crippen molar-refractivity contribution in [1.29, 1.82) is 0 Å². The molecule has 1 aromatic carbocycles. The second-order valence-electron chi connectivity index (χ2n) is 6.21. The zero-order valence-corrected chi connectivity index (χ0v) is 15.4. The molecular weight excluding hydrogens is 338 g/mol. The van der Waals surface area contributed by atoms with Crippen LogP contribution in [0.5, 0.6) is 0 Å². The molecule has 6 heteroatoms. The molecule has 0 aliphatic heterocycles. The van der Waals surface area contributed by atoms with Crippen molar-refractivity contribution in [3.05, 3.63) is 83.6 Å². The van der Waals surface area contributed by atoms with Crippen LogP contribution < -0.4 is 10.6 Å². The fourth-order valence-corrected chi connectivity index (χ4v) is 2.69. The number of nitrogens with one attached hydrogen (secondary N) is 2. The van der Waals surface area contributed by atoms with E-state index in [0.29, 0.717) is 23.9 Å². The van der Waals surface area contributed by atoms with Crippen molar-refractivity contribution in [2.24, 2.45) is 0 Å². The molecule has 0 fully saturated rings. The Bertz CT molecular complexity index is 868. The van der Waals surface area contributed by atoms with Crippen LogP contribution in [0.3, 0.4) is 0 Å². The second kappa shape index (κ2) is 9.43. The van der Waals surface area contributed by atoms with E-state index in [1.54, 1.807) is 19.2 Å². The number of nitrogens with zero attached hydrogens (tertiary/aromatic N) is 3. The Morgan fingerprint density at radius 2 is 1.85 bits per heavy atom. The number of hydrogen-bond acceptors (Lipinski definition) is 5. The minimum Gasteiger partial charge on any atom is -0.370 e. The van der Waals surface area contributed by atoms with Crippen LogP contribution in [0.1, 0.15) is 34.0 Å². The minimum absolute atomic E-state index is 0.238. The summed E-state index contributed by atoms with van der Waals surface area (Å²) in [5.74, 6) is 0.989. The second-order valence-corrected chi connectivity index (χ2v) is 6.21. The zero-order chi connectivity index (χ0) is 18.9. The van der Waals surface area contributed by atoms with E-state index in [1.807, 2.05) is 36.4 Å². The highest BCUT2D eigenvalue weighted by atomic mass is 16.1. The molecule has 0 unspecified atom stereocenters. The summed E-state index contributed by atoms with van der Waals surface area (Å²) in [7, 11) is 0. The van der Waals surface area contributed by atoms with Gasteiger partial charge in [0.15, 0.2) is 0 Å². The van der Waals surface area contributed by atoms with Crippen LogP contribution in [0, 0.1) is 6.92 Å². The molecule has 0 atom stereocenters. The normalized spacial score (nSPS) is 10.4. The summed E-state index contributed by atoms with van der Waals surface area (Å²) in [5.41, 5.74) is 2.47. The third kappa shape index (κ3) is 5.88. The lowest BCUT2D eigenvalue weighted by Gasteiger charge is -2.09. The molecule has 0 saturated heterocycles. The maximum atomic E-state index is 12.4. The average molecular weight is 361 g/mol. The van der Waals surface area contributed by atoms with Gasteiger partial charge in [-0.05, 0) is 37.5 Å². The molecule has 2 aromatic heterocycles. The molecule has 0 spiro atoms. The standard InChI is InChI=1S/C21H23N5O/c1-16-25-19(21(27)24-15-18-11-5-6-12-22-18)14-20(26-16)23-13-7-10-17-8-3-2-4-9-17/h2-6,8-9,11-12,14H,7,10,13,15H2,1H3,(H,24,27)(H,23,25,26). The lowest BCUT2D eigenvalue weighted by Crippen LogP contribution is -2.25. The van der Waals surface area contributed by atoms with Gasteiger partial charge in [0.1, 0.15) is 17.3 Å². The van der Waals surface area contributed by atoms with Crippen molar-refractivity contribution in [2.45, 2.75) is 26.3 Å². The molecule has 0 saturated carbocycles. The van der Waals surface area contributed by atoms with Gasteiger partial charge in [0.2, 0.25) is 0 Å². The lowest BCUT2D eigenvalue weighted by atomic mass is 10.1. The fraction of sp³-hybridized carbons (Fsp3) is 0.238. The quantitative estimate of drug-likeness (QED) is 0.603. The Kier molecular flexibility index (Phi) is 6.46. The van der Waals surface area contributed by atoms with Crippen LogP contribution in [-0.4, -0.2) is 27.4 Å². The summed E-state index contributed by atoms with van der Waals surface area (Å²) in [5, 5.41) is 6.12. The van der Waals surface area contributed by atoms with Gasteiger partial charge < -0.3 is 10.6 Å². The third-order valence-electron chi connectivity index (χ3n) is 4.02. The number of hydrogen-bond donors (Lipinski definition) is 2. The predicted molar refractivity (Wildman–Crippen MR) is 105 cm³/mol. The molecule has 2 N–H and O–H groups in total. The van der Waals surface area contributed by atoms with E-state index in [2.05, 4.69) is 37.7 Å². The Morgan fingerprint density at radius 3 is 2.63 bits per heavy atom. The number of aryl methyl sites for hydroxylation is 2. The van der Waals surface area contributed by atoms with E-state index in [9.17, 15) is 4.79 Å². The summed E-state index contributed by atoms with van der Waals surface area (Å²) in [4.78, 5) is 25.2. The molecule has 0 radical (unpaired) electrons. The third-order valence-corrected chi connectivity index (χ3v) is 4.02. The van der Waals surface area contributed by atoms with Crippen molar-refractivity contribution < 1.29 is 4.79 Å². The van der Waals surface area contributed by atoms with Crippen LogP contribution in [0.15, 0.2) is 60.8 Å². The van der Waals surface area contributed by atoms with Gasteiger partial charge in [-0.3, -0.25) is 9.78 Å². The maximum Gasteiger partial charge on any atom is 0.270 e. The molecule has 0 aliphatic rings. The van der Waals surface area contributed by atoms with E-state index in [-0.39, 0.29) is 5.91 Å². The van der Waals surface area contributed by atoms with Gasteiger partial charge >= 0.3 is 0 Å². The number of carbonyl (C=O) groups excluding carboxylic acids is 1. The van der Waals surface area contributed by atoms with Crippen LogP contribution in [0.25, 0.3) is 0 Å². The summed E-state index contributed by atoms with van der Waals surface area (Å²) in [6.07, 6.45) is 3.68. The van der Waals surface area contributed by atoms with Gasteiger partial charge in [-0.25, -0.2) is 9.97 Å². The highest BCUT2D eigenvalue weighted by molar-refractivity contribution is 5.92. The highest BCUT2D eigenvalue weighted by Crippen LogP contribution is 2.08. The Morgan fingerprint density at radius 1 is 1.04 bits per heavy atom. The largest absolute Gasteiger partial charge is 0.370 e. The van der Waals surface area contributed by atoms with Crippen molar-refractivity contribution in [1.82, 2.24) is 20.3 Å². The highest BCUT2D eigenvalue weighted by Gasteiger charge is 2.10. The van der Waals surface area contributed by atoms with E-state index in [4.69, 9.17) is 0 Å². The Hall–Kier alpha value is -3.28. The van der Waals surface area contributed by atoms with E-state index >= 15 is 0 Å². The Labute approximate surface area is 159 Å². The van der Waals surface area contributed by atoms with Crippen molar-refractivity contribution in [3.63, 3.8) is 0 Å². The average Bonchev–Trinajstić information content (AvgIpc) is 2.70. The maximum absolute atomic E-state index is 12.4. The van der Waals surface area contributed by atoms with Crippen LogP contribution in [-0.2, 0) is 13.0 Å². The number of rotatable bonds is 8. The molecule has 3 rings (SSSR count). The molecule has 2 heterocycles. The molecular formula is C21H23N5O. The predicted octanol–water partition coefficient (Wildman–Crippen LogP) is 3.15.